The molecule has 0 radical (unpaired) electrons. The van der Waals surface area contributed by atoms with Crippen molar-refractivity contribution < 1.29 is 24.2 Å². The predicted octanol–water partition coefficient (Wildman–Crippen LogP) is 4.24. The van der Waals surface area contributed by atoms with Gasteiger partial charge in [0, 0.05) is 23.0 Å². The average molecular weight is 503 g/mol. The summed E-state index contributed by atoms with van der Waals surface area (Å²) >= 11 is 6.53. The zero-order valence-electron chi connectivity index (χ0n) is 15.5. The summed E-state index contributed by atoms with van der Waals surface area (Å²) in [5.41, 5.74) is 1.14. The summed E-state index contributed by atoms with van der Waals surface area (Å²) in [6.07, 6.45) is 0.380. The van der Waals surface area contributed by atoms with E-state index in [4.69, 9.17) is 14.6 Å². The highest BCUT2D eigenvalue weighted by molar-refractivity contribution is 9.10. The number of carboxylic acids is 1. The van der Waals surface area contributed by atoms with E-state index in [0.29, 0.717) is 16.6 Å². The fraction of sp³-hybridized carbons (Fsp3) is 0.263. The molecule has 0 heterocycles. The molecule has 1 N–H and O–H groups in total. The van der Waals surface area contributed by atoms with Crippen molar-refractivity contribution in [3.05, 3.63) is 56.5 Å². The molecule has 0 aliphatic carbocycles. The Morgan fingerprint density at radius 3 is 1.96 bits per heavy atom. The van der Waals surface area contributed by atoms with Gasteiger partial charge in [0.25, 0.3) is 0 Å². The number of methoxy groups -OCH3 is 2. The van der Waals surface area contributed by atoms with Gasteiger partial charge in [0.1, 0.15) is 11.5 Å². The number of hydrogen-bond donors (Lipinski definition) is 1. The molecule has 1 amide bonds. The van der Waals surface area contributed by atoms with E-state index < -0.39 is 5.97 Å². The molecule has 0 aliphatic rings. The van der Waals surface area contributed by atoms with Gasteiger partial charge in [-0.15, -0.1) is 0 Å². The topological polar surface area (TPSA) is 76.1 Å². The van der Waals surface area contributed by atoms with Crippen LogP contribution in [-0.4, -0.2) is 50.2 Å². The number of halogens is 2. The molecule has 0 aliphatic heterocycles. The predicted molar refractivity (Wildman–Crippen MR) is 111 cm³/mol. The standard InChI is InChI=1S/C11H14BrNO2.C8H7BrO3/c1-13(2)11(14)7-8-6-9(15-3)4-5-10(8)12;1-12-5-2-3-7(9)6(4-5)8(10)11/h4-6H,7H2,1-3H3;2-4H,1H3,(H,10,11). The Morgan fingerprint density at radius 2 is 1.48 bits per heavy atom. The Bertz CT molecular complexity index is 809. The van der Waals surface area contributed by atoms with Crippen molar-refractivity contribution in [2.24, 2.45) is 0 Å². The highest BCUT2D eigenvalue weighted by atomic mass is 79.9. The van der Waals surface area contributed by atoms with Crippen molar-refractivity contribution in [2.75, 3.05) is 28.3 Å². The molecule has 2 aromatic carbocycles. The van der Waals surface area contributed by atoms with Crippen molar-refractivity contribution in [1.82, 2.24) is 4.90 Å². The highest BCUT2D eigenvalue weighted by Crippen LogP contribution is 2.23. The van der Waals surface area contributed by atoms with E-state index in [1.165, 1.54) is 13.2 Å². The molecule has 0 spiro atoms. The van der Waals surface area contributed by atoms with Crippen LogP contribution < -0.4 is 9.47 Å². The fourth-order valence-electron chi connectivity index (χ4n) is 1.93. The van der Waals surface area contributed by atoms with E-state index in [0.717, 1.165) is 15.8 Å². The lowest BCUT2D eigenvalue weighted by atomic mass is 10.1. The molecule has 2 aromatic rings. The number of aromatic carboxylic acids is 1. The van der Waals surface area contributed by atoms with E-state index in [1.54, 1.807) is 38.2 Å². The Labute approximate surface area is 175 Å². The first-order chi connectivity index (χ1) is 12.7. The van der Waals surface area contributed by atoms with Crippen LogP contribution in [0.3, 0.4) is 0 Å². The number of nitrogens with zero attached hydrogens (tertiary/aromatic N) is 1. The van der Waals surface area contributed by atoms with Gasteiger partial charge in [-0.05, 0) is 57.9 Å². The van der Waals surface area contributed by atoms with E-state index in [2.05, 4.69) is 31.9 Å². The van der Waals surface area contributed by atoms with Crippen LogP contribution in [0.4, 0.5) is 0 Å². The second kappa shape index (κ2) is 10.9. The van der Waals surface area contributed by atoms with Crippen LogP contribution in [0, 0.1) is 0 Å². The average Bonchev–Trinajstić information content (AvgIpc) is 2.64. The summed E-state index contributed by atoms with van der Waals surface area (Å²) in [7, 11) is 6.60. The lowest BCUT2D eigenvalue weighted by Gasteiger charge is -2.11. The fourth-order valence-corrected chi connectivity index (χ4v) is 2.73. The second-order valence-electron chi connectivity index (χ2n) is 5.57. The largest absolute Gasteiger partial charge is 0.497 e. The monoisotopic (exact) mass is 501 g/mol. The number of benzene rings is 2. The maximum Gasteiger partial charge on any atom is 0.336 e. The van der Waals surface area contributed by atoms with Gasteiger partial charge in [-0.1, -0.05) is 15.9 Å². The summed E-state index contributed by atoms with van der Waals surface area (Å²) in [4.78, 5) is 23.7. The smallest absolute Gasteiger partial charge is 0.336 e. The normalized spacial score (nSPS) is 9.70. The van der Waals surface area contributed by atoms with Crippen LogP contribution in [-0.2, 0) is 11.2 Å². The van der Waals surface area contributed by atoms with Crippen LogP contribution in [0.5, 0.6) is 11.5 Å². The molecule has 0 fully saturated rings. The van der Waals surface area contributed by atoms with Crippen molar-refractivity contribution in [1.29, 1.82) is 0 Å². The minimum atomic E-state index is -0.972. The maximum absolute atomic E-state index is 11.5. The Kier molecular flexibility index (Phi) is 9.31. The molecule has 0 aromatic heterocycles. The molecular weight excluding hydrogens is 482 g/mol. The number of ether oxygens (including phenoxy) is 2. The van der Waals surface area contributed by atoms with Gasteiger partial charge in [-0.25, -0.2) is 4.79 Å². The number of rotatable bonds is 5. The number of likely N-dealkylation sites (N-methyl/N-ethyl adjacent to an activating group) is 1. The number of carbonyl (C=O) groups excluding carboxylic acids is 1. The molecule has 8 heteroatoms. The Morgan fingerprint density at radius 1 is 0.963 bits per heavy atom. The molecule has 0 atom stereocenters. The van der Waals surface area contributed by atoms with E-state index >= 15 is 0 Å². The molecule has 0 unspecified atom stereocenters. The van der Waals surface area contributed by atoms with Gasteiger partial charge in [0.05, 0.1) is 26.2 Å². The van der Waals surface area contributed by atoms with E-state index in [9.17, 15) is 9.59 Å². The number of hydrogen-bond acceptors (Lipinski definition) is 4. The van der Waals surface area contributed by atoms with Gasteiger partial charge in [0.2, 0.25) is 5.91 Å². The molecule has 6 nitrogen and oxygen atoms in total. The summed E-state index contributed by atoms with van der Waals surface area (Å²) in [5.74, 6) is 0.403. The van der Waals surface area contributed by atoms with E-state index in [1.807, 2.05) is 18.2 Å². The van der Waals surface area contributed by atoms with Crippen molar-refractivity contribution in [3.63, 3.8) is 0 Å². The third kappa shape index (κ3) is 7.22. The SMILES string of the molecule is COc1ccc(Br)c(C(=O)O)c1.COc1ccc(Br)c(CC(=O)N(C)C)c1. The van der Waals surface area contributed by atoms with Gasteiger partial charge in [-0.3, -0.25) is 4.79 Å². The first-order valence-corrected chi connectivity index (χ1v) is 9.37. The first-order valence-electron chi connectivity index (χ1n) is 7.79. The number of carbonyl (C=O) groups is 2. The molecular formula is C19H21Br2NO5. The Balaban J connectivity index is 0.000000277. The number of carboxylic acid groups (broad SMARTS) is 1. The van der Waals surface area contributed by atoms with Crippen LogP contribution in [0.15, 0.2) is 45.3 Å². The molecule has 2 rings (SSSR count). The zero-order chi connectivity index (χ0) is 20.6. The molecule has 146 valence electrons. The van der Waals surface area contributed by atoms with Crippen LogP contribution in [0.2, 0.25) is 0 Å². The molecule has 0 bridgehead atoms. The van der Waals surface area contributed by atoms with Crippen molar-refractivity contribution >= 4 is 43.7 Å². The molecule has 27 heavy (non-hydrogen) atoms. The molecule has 0 saturated carbocycles. The quantitative estimate of drug-likeness (QED) is 0.661. The van der Waals surface area contributed by atoms with Crippen molar-refractivity contribution in [3.8, 4) is 11.5 Å². The van der Waals surface area contributed by atoms with Gasteiger partial charge < -0.3 is 19.5 Å². The summed E-state index contributed by atoms with van der Waals surface area (Å²) in [6, 6.07) is 10.4. The zero-order valence-corrected chi connectivity index (χ0v) is 18.6. The maximum atomic E-state index is 11.5. The highest BCUT2D eigenvalue weighted by Gasteiger charge is 2.10. The van der Waals surface area contributed by atoms with Crippen molar-refractivity contribution in [2.45, 2.75) is 6.42 Å². The van der Waals surface area contributed by atoms with Gasteiger partial charge in [-0.2, -0.15) is 0 Å². The van der Waals surface area contributed by atoms with Crippen LogP contribution >= 0.6 is 31.9 Å². The Hall–Kier alpha value is -2.06. The van der Waals surface area contributed by atoms with Gasteiger partial charge in [0.15, 0.2) is 0 Å². The lowest BCUT2D eigenvalue weighted by molar-refractivity contribution is -0.127. The summed E-state index contributed by atoms with van der Waals surface area (Å²) in [6.45, 7) is 0. The third-order valence-corrected chi connectivity index (χ3v) is 4.96. The number of amides is 1. The van der Waals surface area contributed by atoms with Crippen LogP contribution in [0.25, 0.3) is 0 Å². The lowest BCUT2D eigenvalue weighted by Crippen LogP contribution is -2.23. The summed E-state index contributed by atoms with van der Waals surface area (Å²) in [5, 5.41) is 8.70. The molecule has 0 saturated heterocycles. The third-order valence-electron chi connectivity index (χ3n) is 3.50. The first kappa shape index (κ1) is 23.0. The minimum absolute atomic E-state index is 0.0731. The minimum Gasteiger partial charge on any atom is -0.497 e. The van der Waals surface area contributed by atoms with E-state index in [-0.39, 0.29) is 11.5 Å². The van der Waals surface area contributed by atoms with Crippen LogP contribution in [0.1, 0.15) is 15.9 Å². The second-order valence-corrected chi connectivity index (χ2v) is 7.28. The summed E-state index contributed by atoms with van der Waals surface area (Å²) < 4.78 is 11.5. The van der Waals surface area contributed by atoms with Gasteiger partial charge >= 0.3 is 5.97 Å².